The molecule has 2 aliphatic heterocycles. The second-order valence-electron chi connectivity index (χ2n) is 11.3. The second kappa shape index (κ2) is 12.9. The second-order valence-corrected chi connectivity index (χ2v) is 12.9. The van der Waals surface area contributed by atoms with Gasteiger partial charge < -0.3 is 4.74 Å². The first kappa shape index (κ1) is 31.3. The van der Waals surface area contributed by atoms with Crippen LogP contribution in [0.1, 0.15) is 90.8 Å². The summed E-state index contributed by atoms with van der Waals surface area (Å²) in [6.07, 6.45) is 4.91. The molecule has 2 saturated carbocycles. The molecule has 0 radical (unpaired) electrons. The van der Waals surface area contributed by atoms with Gasteiger partial charge in [-0.15, -0.1) is 0 Å². The Kier molecular flexibility index (Phi) is 9.58. The minimum atomic E-state index is -4.51. The number of alkyl halides is 3. The minimum Gasteiger partial charge on any atom is -0.496 e. The van der Waals surface area contributed by atoms with Crippen molar-refractivity contribution in [1.82, 2.24) is 14.9 Å². The summed E-state index contributed by atoms with van der Waals surface area (Å²) in [4.78, 5) is 14.2. The molecule has 0 aromatic heterocycles. The van der Waals surface area contributed by atoms with Crippen molar-refractivity contribution in [3.63, 3.8) is 0 Å². The Hall–Kier alpha value is -2.12. The summed E-state index contributed by atoms with van der Waals surface area (Å²) in [5, 5.41) is 9.47. The van der Waals surface area contributed by atoms with Crippen molar-refractivity contribution < 1.29 is 36.7 Å². The van der Waals surface area contributed by atoms with Gasteiger partial charge in [0, 0.05) is 35.5 Å². The summed E-state index contributed by atoms with van der Waals surface area (Å²) >= 11 is 6.77. The number of ether oxygens (including phenoxy) is 1. The van der Waals surface area contributed by atoms with Crippen LogP contribution in [0.25, 0.3) is 0 Å². The molecule has 0 spiro atoms. The summed E-state index contributed by atoms with van der Waals surface area (Å²) in [6, 6.07) is 5.06. The number of halogens is 6. The number of nitrogens with one attached hydrogen (secondary N) is 1. The normalized spacial score (nSPS) is 22.1. The number of fused-ring (bicyclic) bond motifs is 2. The van der Waals surface area contributed by atoms with Crippen LogP contribution in [0.5, 0.6) is 5.75 Å². The lowest BCUT2D eigenvalue weighted by Gasteiger charge is -2.35. The first-order valence-corrected chi connectivity index (χ1v) is 15.3. The van der Waals surface area contributed by atoms with Crippen LogP contribution in [0, 0.1) is 11.6 Å². The number of carbonyl (C=O) groups excluding carboxylic acids is 1. The highest BCUT2D eigenvalue weighted by molar-refractivity contribution is 7.97. The predicted molar refractivity (Wildman–Crippen MR) is 149 cm³/mol. The zero-order valence-electron chi connectivity index (χ0n) is 23.0. The van der Waals surface area contributed by atoms with Crippen LogP contribution in [0.4, 0.5) is 22.0 Å². The highest BCUT2D eigenvalue weighted by Gasteiger charge is 2.38. The van der Waals surface area contributed by atoms with Crippen molar-refractivity contribution in [2.24, 2.45) is 0 Å². The summed E-state index contributed by atoms with van der Waals surface area (Å²) in [5.41, 5.74) is 2.21. The molecule has 4 aliphatic rings. The largest absolute Gasteiger partial charge is 0.496 e. The van der Waals surface area contributed by atoms with Crippen molar-refractivity contribution >= 4 is 29.5 Å². The third-order valence-electron chi connectivity index (χ3n) is 8.18. The molecule has 2 aliphatic carbocycles. The average Bonchev–Trinajstić information content (AvgIpc) is 3.85. The Bertz CT molecular complexity index is 1290. The SMILES string of the molecule is COc1cc(F)c(C(=O)NN(O)SC2CC2)cc1C1CC1.Fc1c(Cl)cc(C(F)(F)F)cc1CN1C2CCC[C@@H]1CC2. The van der Waals surface area contributed by atoms with Crippen LogP contribution in [-0.4, -0.2) is 45.0 Å². The molecular weight excluding hydrogens is 601 g/mol. The Morgan fingerprint density at radius 2 is 1.74 bits per heavy atom. The smallest absolute Gasteiger partial charge is 0.416 e. The van der Waals surface area contributed by atoms with Gasteiger partial charge in [0.15, 0.2) is 0 Å². The van der Waals surface area contributed by atoms with Gasteiger partial charge in [0.05, 0.1) is 23.3 Å². The van der Waals surface area contributed by atoms with Gasteiger partial charge in [0.25, 0.3) is 5.91 Å². The number of carbonyl (C=O) groups is 1. The van der Waals surface area contributed by atoms with Gasteiger partial charge in [-0.3, -0.25) is 20.3 Å². The van der Waals surface area contributed by atoms with Gasteiger partial charge in [0.1, 0.15) is 17.4 Å². The first-order valence-electron chi connectivity index (χ1n) is 14.1. The molecule has 230 valence electrons. The van der Waals surface area contributed by atoms with Crippen molar-refractivity contribution in [3.8, 4) is 5.75 Å². The molecule has 6 rings (SSSR count). The molecule has 6 nitrogen and oxygen atoms in total. The molecule has 2 N–H and O–H groups in total. The van der Waals surface area contributed by atoms with E-state index in [1.807, 2.05) is 0 Å². The fourth-order valence-corrected chi connectivity index (χ4v) is 6.73. The van der Waals surface area contributed by atoms with Gasteiger partial charge in [-0.1, -0.05) is 18.0 Å². The molecule has 4 fully saturated rings. The number of methoxy groups -OCH3 is 1. The van der Waals surface area contributed by atoms with Crippen LogP contribution in [0.2, 0.25) is 5.02 Å². The van der Waals surface area contributed by atoms with Gasteiger partial charge in [-0.05, 0) is 97.6 Å². The zero-order chi connectivity index (χ0) is 30.2. The quantitative estimate of drug-likeness (QED) is 0.175. The van der Waals surface area contributed by atoms with E-state index < -0.39 is 34.3 Å². The molecule has 1 unspecified atom stereocenters. The first-order chi connectivity index (χ1) is 19.9. The Balaban J connectivity index is 0.000000168. The Labute approximate surface area is 250 Å². The molecule has 2 atom stereocenters. The number of hydrazine groups is 1. The molecular formula is C29H33ClF5N3O3S. The fraction of sp³-hybridized carbons (Fsp3) is 0.552. The highest BCUT2D eigenvalue weighted by atomic mass is 35.5. The van der Waals surface area contributed by atoms with E-state index in [1.54, 1.807) is 0 Å². The van der Waals surface area contributed by atoms with Gasteiger partial charge in [0.2, 0.25) is 0 Å². The number of benzene rings is 2. The summed E-state index contributed by atoms with van der Waals surface area (Å²) in [7, 11) is 1.49. The van der Waals surface area contributed by atoms with E-state index in [0.717, 1.165) is 81.4 Å². The monoisotopic (exact) mass is 633 g/mol. The number of hydrogen-bond acceptors (Lipinski definition) is 6. The number of nitrogens with zero attached hydrogens (tertiary/aromatic N) is 2. The van der Waals surface area contributed by atoms with Crippen molar-refractivity contribution in [2.45, 2.75) is 93.8 Å². The third-order valence-corrected chi connectivity index (χ3v) is 9.52. The van der Waals surface area contributed by atoms with E-state index in [2.05, 4.69) is 10.3 Å². The molecule has 2 aromatic rings. The number of amides is 1. The maximum atomic E-state index is 14.1. The van der Waals surface area contributed by atoms with Crippen LogP contribution in [0.15, 0.2) is 24.3 Å². The maximum absolute atomic E-state index is 14.1. The van der Waals surface area contributed by atoms with Crippen molar-refractivity contribution in [2.75, 3.05) is 7.11 Å². The lowest BCUT2D eigenvalue weighted by atomic mass is 10.0. The summed E-state index contributed by atoms with van der Waals surface area (Å²) in [5.74, 6) is -1.24. The van der Waals surface area contributed by atoms with Gasteiger partial charge in [-0.2, -0.15) is 13.2 Å². The fourth-order valence-electron chi connectivity index (χ4n) is 5.73. The third kappa shape index (κ3) is 7.50. The molecule has 2 heterocycles. The summed E-state index contributed by atoms with van der Waals surface area (Å²) < 4.78 is 72.4. The minimum absolute atomic E-state index is 0.0497. The lowest BCUT2D eigenvalue weighted by Crippen LogP contribution is -2.39. The van der Waals surface area contributed by atoms with E-state index in [9.17, 15) is 32.0 Å². The van der Waals surface area contributed by atoms with Crippen LogP contribution < -0.4 is 10.2 Å². The molecule has 2 bridgehead atoms. The molecule has 13 heteroatoms. The van der Waals surface area contributed by atoms with Crippen LogP contribution >= 0.6 is 23.5 Å². The van der Waals surface area contributed by atoms with E-state index in [0.29, 0.717) is 39.6 Å². The van der Waals surface area contributed by atoms with Crippen molar-refractivity contribution in [3.05, 3.63) is 63.2 Å². The van der Waals surface area contributed by atoms with E-state index in [1.165, 1.54) is 19.2 Å². The Morgan fingerprint density at radius 3 is 2.31 bits per heavy atom. The molecule has 2 aromatic carbocycles. The predicted octanol–water partition coefficient (Wildman–Crippen LogP) is 7.87. The molecule has 1 amide bonds. The summed E-state index contributed by atoms with van der Waals surface area (Å²) in [6.45, 7) is 0.213. The van der Waals surface area contributed by atoms with E-state index in [-0.39, 0.29) is 17.7 Å². The molecule has 2 saturated heterocycles. The number of rotatable bonds is 8. The van der Waals surface area contributed by atoms with E-state index in [4.69, 9.17) is 16.3 Å². The topological polar surface area (TPSA) is 65.0 Å². The van der Waals surface area contributed by atoms with Gasteiger partial charge >= 0.3 is 6.18 Å². The number of piperidine rings is 1. The highest BCUT2D eigenvalue weighted by Crippen LogP contribution is 2.45. The van der Waals surface area contributed by atoms with Crippen LogP contribution in [0.3, 0.4) is 0 Å². The zero-order valence-corrected chi connectivity index (χ0v) is 24.6. The standard InChI is InChI=1S/C15H16ClF4N.C14H17FN2O3S/c16-13-7-10(15(18,19)20)6-9(14(13)17)8-21-11-2-1-3-12(21)5-4-11;1-20-13-7-12(15)11(6-10(13)8-2-3-8)14(18)16-17(19)21-9-4-5-9/h6-7,11-12H,1-5,8H2;6-9,19H,2-5H2,1H3,(H,16,18)/t11-,12?;/m1./s1. The number of hydrogen-bond donors (Lipinski definition) is 2. The van der Waals surface area contributed by atoms with Crippen molar-refractivity contribution in [1.29, 1.82) is 0 Å². The average molecular weight is 634 g/mol. The van der Waals surface area contributed by atoms with Crippen LogP contribution in [-0.2, 0) is 12.7 Å². The van der Waals surface area contributed by atoms with Gasteiger partial charge in [-0.25, -0.2) is 8.78 Å². The van der Waals surface area contributed by atoms with E-state index >= 15 is 0 Å². The molecule has 42 heavy (non-hydrogen) atoms. The maximum Gasteiger partial charge on any atom is 0.416 e. The lowest BCUT2D eigenvalue weighted by molar-refractivity contribution is -0.137. The Morgan fingerprint density at radius 1 is 1.07 bits per heavy atom.